The fourth-order valence-corrected chi connectivity index (χ4v) is 5.03. The molecule has 2 N–H and O–H groups in total. The van der Waals surface area contributed by atoms with Crippen LogP contribution in [0, 0.1) is 18.6 Å². The van der Waals surface area contributed by atoms with E-state index in [1.807, 2.05) is 0 Å². The zero-order valence-corrected chi connectivity index (χ0v) is 17.9. The molecule has 8 nitrogen and oxygen atoms in total. The molecule has 12 heteroatoms. The third kappa shape index (κ3) is 3.87. The molecule has 2 aromatic carbocycles. The standard InChI is InChI=1S/C18H18F2N4O4S2/c1-10-14(21)7-13(19)17(16(10)20)30(25,26)24(18-22-9-23-29-18)8-11-4-5-12(27-2)6-15(11)28-3/h4-7,9H,8,21H2,1-3H3. The van der Waals surface area contributed by atoms with Crippen LogP contribution in [0.25, 0.3) is 0 Å². The summed E-state index contributed by atoms with van der Waals surface area (Å²) in [5.74, 6) is -1.74. The van der Waals surface area contributed by atoms with Crippen molar-refractivity contribution in [1.82, 2.24) is 9.36 Å². The smallest absolute Gasteiger partial charge is 0.272 e. The Balaban J connectivity index is 2.16. The topological polar surface area (TPSA) is 108 Å². The summed E-state index contributed by atoms with van der Waals surface area (Å²) >= 11 is 0.763. The van der Waals surface area contributed by atoms with Crippen LogP contribution < -0.4 is 19.5 Å². The van der Waals surface area contributed by atoms with Gasteiger partial charge in [0, 0.05) is 34.4 Å². The van der Waals surface area contributed by atoms with Crippen molar-refractivity contribution >= 4 is 32.4 Å². The first-order valence-corrected chi connectivity index (χ1v) is 10.7. The van der Waals surface area contributed by atoms with Gasteiger partial charge in [0.05, 0.1) is 20.8 Å². The molecule has 1 heterocycles. The largest absolute Gasteiger partial charge is 0.497 e. The van der Waals surface area contributed by atoms with Crippen LogP contribution in [0.3, 0.4) is 0 Å². The van der Waals surface area contributed by atoms with Crippen molar-refractivity contribution in [2.75, 3.05) is 24.3 Å². The number of methoxy groups -OCH3 is 2. The van der Waals surface area contributed by atoms with Gasteiger partial charge in [0.1, 0.15) is 23.6 Å². The van der Waals surface area contributed by atoms with Gasteiger partial charge in [-0.2, -0.15) is 4.37 Å². The van der Waals surface area contributed by atoms with Crippen LogP contribution >= 0.6 is 11.5 Å². The number of aromatic nitrogens is 2. The molecule has 0 saturated carbocycles. The van der Waals surface area contributed by atoms with Gasteiger partial charge < -0.3 is 15.2 Å². The van der Waals surface area contributed by atoms with Crippen LogP contribution in [-0.4, -0.2) is 32.0 Å². The van der Waals surface area contributed by atoms with Gasteiger partial charge in [-0.25, -0.2) is 26.5 Å². The molecule has 0 aliphatic heterocycles. The third-order valence-electron chi connectivity index (χ3n) is 4.38. The lowest BCUT2D eigenvalue weighted by Crippen LogP contribution is -2.32. The molecule has 0 fully saturated rings. The lowest BCUT2D eigenvalue weighted by Gasteiger charge is -2.23. The Labute approximate surface area is 176 Å². The van der Waals surface area contributed by atoms with E-state index in [0.717, 1.165) is 28.2 Å². The Morgan fingerprint density at radius 3 is 2.53 bits per heavy atom. The van der Waals surface area contributed by atoms with E-state index in [9.17, 15) is 17.2 Å². The normalized spacial score (nSPS) is 11.4. The Kier molecular flexibility index (Phi) is 6.08. The number of ether oxygens (including phenoxy) is 2. The monoisotopic (exact) mass is 456 g/mol. The number of halogens is 2. The zero-order chi connectivity index (χ0) is 22.1. The summed E-state index contributed by atoms with van der Waals surface area (Å²) in [6.45, 7) is 0.956. The van der Waals surface area contributed by atoms with Gasteiger partial charge in [0.15, 0.2) is 10.7 Å². The van der Waals surface area contributed by atoms with E-state index < -0.39 is 26.6 Å². The predicted molar refractivity (Wildman–Crippen MR) is 108 cm³/mol. The minimum absolute atomic E-state index is 0.0684. The average Bonchev–Trinajstić information content (AvgIpc) is 3.24. The van der Waals surface area contributed by atoms with Crippen molar-refractivity contribution in [1.29, 1.82) is 0 Å². The van der Waals surface area contributed by atoms with Crippen molar-refractivity contribution < 1.29 is 26.7 Å². The Bertz CT molecular complexity index is 1170. The summed E-state index contributed by atoms with van der Waals surface area (Å²) in [4.78, 5) is 2.80. The van der Waals surface area contributed by atoms with E-state index in [1.165, 1.54) is 21.1 Å². The molecule has 3 aromatic rings. The van der Waals surface area contributed by atoms with Crippen molar-refractivity contribution in [3.05, 3.63) is 53.4 Å². The molecular weight excluding hydrogens is 438 g/mol. The lowest BCUT2D eigenvalue weighted by atomic mass is 10.2. The van der Waals surface area contributed by atoms with E-state index in [-0.39, 0.29) is 22.9 Å². The maximum Gasteiger partial charge on any atom is 0.272 e. The van der Waals surface area contributed by atoms with Gasteiger partial charge in [-0.05, 0) is 25.1 Å². The number of nitrogen functional groups attached to an aromatic ring is 1. The molecule has 3 rings (SSSR count). The first kappa shape index (κ1) is 21.7. The number of benzene rings is 2. The minimum Gasteiger partial charge on any atom is -0.497 e. The third-order valence-corrected chi connectivity index (χ3v) is 6.96. The molecule has 0 spiro atoms. The quantitative estimate of drug-likeness (QED) is 0.544. The maximum atomic E-state index is 14.8. The van der Waals surface area contributed by atoms with Crippen LogP contribution in [0.2, 0.25) is 0 Å². The van der Waals surface area contributed by atoms with Crippen LogP contribution in [0.5, 0.6) is 11.5 Å². The fraction of sp³-hybridized carbons (Fsp3) is 0.222. The minimum atomic E-state index is -4.71. The molecule has 0 aliphatic rings. The molecule has 0 amide bonds. The van der Waals surface area contributed by atoms with E-state index in [4.69, 9.17) is 15.2 Å². The van der Waals surface area contributed by atoms with Gasteiger partial charge in [0.2, 0.25) is 5.13 Å². The number of anilines is 2. The van der Waals surface area contributed by atoms with Gasteiger partial charge in [-0.15, -0.1) is 0 Å². The second-order valence-electron chi connectivity index (χ2n) is 6.13. The second kappa shape index (κ2) is 8.40. The molecular formula is C18H18F2N4O4S2. The number of rotatable bonds is 7. The van der Waals surface area contributed by atoms with E-state index in [1.54, 1.807) is 18.2 Å². The number of sulfonamides is 1. The summed E-state index contributed by atoms with van der Waals surface area (Å²) in [5, 5.41) is -0.0684. The van der Waals surface area contributed by atoms with Gasteiger partial charge in [-0.3, -0.25) is 0 Å². The van der Waals surface area contributed by atoms with Crippen molar-refractivity contribution in [2.24, 2.45) is 0 Å². The summed E-state index contributed by atoms with van der Waals surface area (Å²) in [6, 6.07) is 5.53. The predicted octanol–water partition coefficient (Wildman–Crippen LogP) is 3.12. The first-order valence-electron chi connectivity index (χ1n) is 8.45. The van der Waals surface area contributed by atoms with Crippen LogP contribution in [-0.2, 0) is 16.6 Å². The van der Waals surface area contributed by atoms with Crippen molar-refractivity contribution in [3.63, 3.8) is 0 Å². The van der Waals surface area contributed by atoms with Crippen LogP contribution in [0.4, 0.5) is 19.6 Å². The maximum absolute atomic E-state index is 14.8. The summed E-state index contributed by atoms with van der Waals surface area (Å²) in [5.41, 5.74) is 5.61. The molecule has 0 unspecified atom stereocenters. The molecule has 0 aliphatic carbocycles. The van der Waals surface area contributed by atoms with E-state index in [0.29, 0.717) is 17.1 Å². The highest BCUT2D eigenvalue weighted by Crippen LogP contribution is 2.34. The highest BCUT2D eigenvalue weighted by atomic mass is 32.2. The summed E-state index contributed by atoms with van der Waals surface area (Å²) in [7, 11) is -1.83. The average molecular weight is 456 g/mol. The number of hydrogen-bond donors (Lipinski definition) is 1. The molecule has 0 radical (unpaired) electrons. The molecule has 0 bridgehead atoms. The molecule has 1 aromatic heterocycles. The highest BCUT2D eigenvalue weighted by Gasteiger charge is 2.35. The van der Waals surface area contributed by atoms with Crippen molar-refractivity contribution in [3.8, 4) is 11.5 Å². The second-order valence-corrected chi connectivity index (χ2v) is 8.69. The SMILES string of the molecule is COc1ccc(CN(c2ncns2)S(=O)(=O)c2c(F)cc(N)c(C)c2F)c(OC)c1. The fourth-order valence-electron chi connectivity index (χ4n) is 2.73. The number of nitrogens with two attached hydrogens (primary N) is 1. The lowest BCUT2D eigenvalue weighted by molar-refractivity contribution is 0.391. The van der Waals surface area contributed by atoms with E-state index in [2.05, 4.69) is 9.36 Å². The van der Waals surface area contributed by atoms with Crippen LogP contribution in [0.15, 0.2) is 35.5 Å². The van der Waals surface area contributed by atoms with E-state index >= 15 is 0 Å². The van der Waals surface area contributed by atoms with Crippen molar-refractivity contribution in [2.45, 2.75) is 18.4 Å². The Morgan fingerprint density at radius 2 is 1.93 bits per heavy atom. The Hall–Kier alpha value is -2.99. The summed E-state index contributed by atoms with van der Waals surface area (Å²) < 4.78 is 71.1. The zero-order valence-electron chi connectivity index (χ0n) is 16.2. The molecule has 0 atom stereocenters. The van der Waals surface area contributed by atoms with Gasteiger partial charge >= 0.3 is 0 Å². The molecule has 30 heavy (non-hydrogen) atoms. The number of nitrogens with zero attached hydrogens (tertiary/aromatic N) is 3. The Morgan fingerprint density at radius 1 is 1.20 bits per heavy atom. The molecule has 160 valence electrons. The van der Waals surface area contributed by atoms with Gasteiger partial charge in [0.25, 0.3) is 10.0 Å². The van der Waals surface area contributed by atoms with Crippen LogP contribution in [0.1, 0.15) is 11.1 Å². The highest BCUT2D eigenvalue weighted by molar-refractivity contribution is 7.93. The molecule has 0 saturated heterocycles. The van der Waals surface area contributed by atoms with Gasteiger partial charge in [-0.1, -0.05) is 0 Å². The number of hydrogen-bond acceptors (Lipinski definition) is 8. The first-order chi connectivity index (χ1) is 14.2. The summed E-state index contributed by atoms with van der Waals surface area (Å²) in [6.07, 6.45) is 1.15.